The lowest BCUT2D eigenvalue weighted by atomic mass is 9.72. The first-order valence-corrected chi connectivity index (χ1v) is 13.1. The Kier molecular flexibility index (Phi) is 7.28. The average molecular weight is 558 g/mol. The molecule has 0 saturated heterocycles. The van der Waals surface area contributed by atoms with Crippen LogP contribution < -0.4 is 10.1 Å². The van der Waals surface area contributed by atoms with Crippen molar-refractivity contribution in [3.8, 4) is 5.75 Å². The summed E-state index contributed by atoms with van der Waals surface area (Å²) in [4.78, 5) is 27.2. The maximum absolute atomic E-state index is 13.7. The van der Waals surface area contributed by atoms with E-state index in [1.807, 2.05) is 85.8 Å². The lowest BCUT2D eigenvalue weighted by Crippen LogP contribution is -2.36. The lowest BCUT2D eigenvalue weighted by Gasteiger charge is -2.36. The van der Waals surface area contributed by atoms with Crippen LogP contribution in [0.4, 0.5) is 0 Å². The molecular weight excluding hydrogens is 530 g/mol. The summed E-state index contributed by atoms with van der Waals surface area (Å²) in [5, 5.41) is 3.41. The molecule has 188 valence electrons. The third kappa shape index (κ3) is 5.25. The summed E-state index contributed by atoms with van der Waals surface area (Å²) >= 11 is 3.50. The Morgan fingerprint density at radius 3 is 2.30 bits per heavy atom. The largest absolute Gasteiger partial charge is 0.497 e. The average Bonchev–Trinajstić information content (AvgIpc) is 2.92. The van der Waals surface area contributed by atoms with Crippen molar-refractivity contribution < 1.29 is 19.1 Å². The van der Waals surface area contributed by atoms with Crippen molar-refractivity contribution in [3.05, 3.63) is 123 Å². The molecular formula is C31H28BrNO4. The zero-order valence-electron chi connectivity index (χ0n) is 20.8. The Hall–Kier alpha value is -3.64. The fourth-order valence-corrected chi connectivity index (χ4v) is 5.48. The Labute approximate surface area is 225 Å². The second kappa shape index (κ2) is 10.8. The van der Waals surface area contributed by atoms with Crippen LogP contribution >= 0.6 is 15.9 Å². The van der Waals surface area contributed by atoms with Crippen LogP contribution in [0.5, 0.6) is 5.75 Å². The van der Waals surface area contributed by atoms with E-state index in [4.69, 9.17) is 9.47 Å². The topological polar surface area (TPSA) is 64.6 Å². The minimum atomic E-state index is -0.489. The molecule has 0 amide bonds. The number of Topliss-reactive ketones (excluding diaryl/α,β-unsaturated/α-hetero) is 1. The van der Waals surface area contributed by atoms with Gasteiger partial charge in [0.25, 0.3) is 0 Å². The van der Waals surface area contributed by atoms with E-state index in [0.717, 1.165) is 32.6 Å². The van der Waals surface area contributed by atoms with Crippen molar-refractivity contribution in [1.29, 1.82) is 0 Å². The molecule has 0 saturated carbocycles. The van der Waals surface area contributed by atoms with Crippen LogP contribution in [0.1, 0.15) is 48.3 Å². The molecule has 2 aliphatic rings. The zero-order chi connectivity index (χ0) is 25.9. The number of benzene rings is 3. The maximum atomic E-state index is 13.7. The Bertz CT molecular complexity index is 1370. The summed E-state index contributed by atoms with van der Waals surface area (Å²) in [6.45, 7) is 2.05. The van der Waals surface area contributed by atoms with Gasteiger partial charge in [0.1, 0.15) is 12.4 Å². The van der Waals surface area contributed by atoms with Crippen molar-refractivity contribution in [1.82, 2.24) is 5.32 Å². The number of hydrogen-bond donors (Lipinski definition) is 1. The van der Waals surface area contributed by atoms with E-state index in [1.165, 1.54) is 0 Å². The number of halogens is 1. The quantitative estimate of drug-likeness (QED) is 0.347. The van der Waals surface area contributed by atoms with Gasteiger partial charge in [0.15, 0.2) is 5.78 Å². The van der Waals surface area contributed by atoms with Gasteiger partial charge in [-0.05, 0) is 60.2 Å². The predicted octanol–water partition coefficient (Wildman–Crippen LogP) is 6.56. The molecule has 0 fully saturated rings. The van der Waals surface area contributed by atoms with Gasteiger partial charge in [0, 0.05) is 33.8 Å². The highest BCUT2D eigenvalue weighted by molar-refractivity contribution is 9.10. The second-order valence-corrected chi connectivity index (χ2v) is 10.3. The molecule has 3 aromatic carbocycles. The van der Waals surface area contributed by atoms with Gasteiger partial charge < -0.3 is 14.8 Å². The number of allylic oxidation sites excluding steroid dienone is 3. The third-order valence-electron chi connectivity index (χ3n) is 7.05. The summed E-state index contributed by atoms with van der Waals surface area (Å²) in [6, 6.07) is 25.3. The molecule has 0 radical (unpaired) electrons. The van der Waals surface area contributed by atoms with Crippen molar-refractivity contribution in [2.24, 2.45) is 0 Å². The van der Waals surface area contributed by atoms with E-state index < -0.39 is 11.9 Å². The molecule has 2 atom stereocenters. The summed E-state index contributed by atoms with van der Waals surface area (Å²) in [5.74, 6) is -0.0254. The number of carbonyl (C=O) groups excluding carboxylic acids is 2. The monoisotopic (exact) mass is 557 g/mol. The standard InChI is InChI=1S/C31H28BrNO4/c1-19-28(31(35)37-18-20-6-4-3-5-7-20)29(22-8-12-24(32)13-9-22)30-26(33-19)16-23(17-27(30)34)21-10-14-25(36-2)15-11-21/h3-15,23,29,33H,16-18H2,1-2H3/t23-,29+/m1/s1. The van der Waals surface area contributed by atoms with Crippen LogP contribution in [0.3, 0.4) is 0 Å². The number of rotatable bonds is 6. The summed E-state index contributed by atoms with van der Waals surface area (Å²) in [6.07, 6.45) is 1.06. The van der Waals surface area contributed by atoms with Gasteiger partial charge in [-0.25, -0.2) is 4.79 Å². The molecule has 1 aliphatic carbocycles. The molecule has 5 nitrogen and oxygen atoms in total. The number of esters is 1. The molecule has 0 spiro atoms. The Balaban J connectivity index is 1.49. The van der Waals surface area contributed by atoms with Gasteiger partial charge in [-0.15, -0.1) is 0 Å². The predicted molar refractivity (Wildman–Crippen MR) is 146 cm³/mol. The van der Waals surface area contributed by atoms with Crippen molar-refractivity contribution in [2.45, 2.75) is 38.2 Å². The smallest absolute Gasteiger partial charge is 0.337 e. The first kappa shape index (κ1) is 25.0. The fraction of sp³-hybridized carbons (Fsp3) is 0.226. The van der Waals surface area contributed by atoms with E-state index in [-0.39, 0.29) is 18.3 Å². The van der Waals surface area contributed by atoms with Crippen molar-refractivity contribution in [2.75, 3.05) is 7.11 Å². The first-order valence-electron chi connectivity index (χ1n) is 12.3. The maximum Gasteiger partial charge on any atom is 0.337 e. The van der Waals surface area contributed by atoms with Gasteiger partial charge in [-0.2, -0.15) is 0 Å². The van der Waals surface area contributed by atoms with E-state index in [2.05, 4.69) is 21.2 Å². The van der Waals surface area contributed by atoms with Crippen LogP contribution in [-0.4, -0.2) is 18.9 Å². The normalized spacial score (nSPS) is 19.3. The van der Waals surface area contributed by atoms with Crippen molar-refractivity contribution >= 4 is 27.7 Å². The molecule has 1 N–H and O–H groups in total. The highest BCUT2D eigenvalue weighted by atomic mass is 79.9. The molecule has 5 rings (SSSR count). The van der Waals surface area contributed by atoms with E-state index in [0.29, 0.717) is 29.7 Å². The molecule has 1 heterocycles. The van der Waals surface area contributed by atoms with Gasteiger partial charge in [-0.3, -0.25) is 4.79 Å². The molecule has 0 unspecified atom stereocenters. The van der Waals surface area contributed by atoms with Gasteiger partial charge >= 0.3 is 5.97 Å². The van der Waals surface area contributed by atoms with E-state index >= 15 is 0 Å². The summed E-state index contributed by atoms with van der Waals surface area (Å²) in [5.41, 5.74) is 5.62. The number of dihydropyridines is 1. The van der Waals surface area contributed by atoms with E-state index in [9.17, 15) is 9.59 Å². The summed E-state index contributed by atoms with van der Waals surface area (Å²) in [7, 11) is 1.64. The highest BCUT2D eigenvalue weighted by Crippen LogP contribution is 2.46. The van der Waals surface area contributed by atoms with Crippen LogP contribution in [-0.2, 0) is 20.9 Å². The number of ether oxygens (including phenoxy) is 2. The number of nitrogens with one attached hydrogen (secondary N) is 1. The lowest BCUT2D eigenvalue weighted by molar-refractivity contribution is -0.140. The van der Waals surface area contributed by atoms with Gasteiger partial charge in [-0.1, -0.05) is 70.5 Å². The molecule has 3 aromatic rings. The highest BCUT2D eigenvalue weighted by Gasteiger charge is 2.41. The second-order valence-electron chi connectivity index (χ2n) is 9.40. The van der Waals surface area contributed by atoms with Crippen molar-refractivity contribution in [3.63, 3.8) is 0 Å². The number of hydrogen-bond acceptors (Lipinski definition) is 5. The fourth-order valence-electron chi connectivity index (χ4n) is 5.21. The van der Waals surface area contributed by atoms with Gasteiger partial charge in [0.2, 0.25) is 0 Å². The number of ketones is 1. The minimum Gasteiger partial charge on any atom is -0.497 e. The van der Waals surface area contributed by atoms with Crippen LogP contribution in [0.25, 0.3) is 0 Å². The molecule has 1 aliphatic heterocycles. The van der Waals surface area contributed by atoms with Crippen LogP contribution in [0, 0.1) is 0 Å². The van der Waals surface area contributed by atoms with Gasteiger partial charge in [0.05, 0.1) is 12.7 Å². The Morgan fingerprint density at radius 1 is 0.946 bits per heavy atom. The Morgan fingerprint density at radius 2 is 1.62 bits per heavy atom. The third-order valence-corrected chi connectivity index (χ3v) is 7.58. The van der Waals surface area contributed by atoms with Crippen LogP contribution in [0.15, 0.2) is 106 Å². The van der Waals surface area contributed by atoms with E-state index in [1.54, 1.807) is 7.11 Å². The molecule has 6 heteroatoms. The molecule has 37 heavy (non-hydrogen) atoms. The SMILES string of the molecule is COc1ccc([C@H]2CC(=O)C3=C(C2)NC(C)=C(C(=O)OCc2ccccc2)[C@@H]3c2ccc(Br)cc2)cc1. The minimum absolute atomic E-state index is 0.0448. The molecule has 0 aromatic heterocycles. The first-order chi connectivity index (χ1) is 17.9. The molecule has 0 bridgehead atoms. The van der Waals surface area contributed by atoms with Crippen LogP contribution in [0.2, 0.25) is 0 Å². The number of methoxy groups -OCH3 is 1. The zero-order valence-corrected chi connectivity index (χ0v) is 22.4. The summed E-state index contributed by atoms with van der Waals surface area (Å²) < 4.78 is 12.0. The number of carbonyl (C=O) groups is 2.